The highest BCUT2D eigenvalue weighted by Gasteiger charge is 2.25. The third kappa shape index (κ3) is 4.65. The van der Waals surface area contributed by atoms with Gasteiger partial charge in [-0.25, -0.2) is 4.79 Å². The molecule has 0 fully saturated rings. The molecule has 0 saturated heterocycles. The van der Waals surface area contributed by atoms with Crippen molar-refractivity contribution < 1.29 is 19.1 Å². The molecular formula is C16H12Cl4N2O4. The van der Waals surface area contributed by atoms with Crippen LogP contribution < -0.4 is 20.1 Å². The number of rotatable bonds is 4. The van der Waals surface area contributed by atoms with E-state index in [0.717, 1.165) is 0 Å². The van der Waals surface area contributed by atoms with Crippen molar-refractivity contribution in [3.63, 3.8) is 0 Å². The van der Waals surface area contributed by atoms with Crippen LogP contribution in [0.1, 0.15) is 10.4 Å². The van der Waals surface area contributed by atoms with E-state index in [-0.39, 0.29) is 27.1 Å². The summed E-state index contributed by atoms with van der Waals surface area (Å²) in [7, 11) is 2.64. The molecule has 138 valence electrons. The summed E-state index contributed by atoms with van der Waals surface area (Å²) in [5.74, 6) is -0.790. The standard InChI is InChI=1S/C16H12Cl4N2O4/c1-25-13-10(19)6-11(20)14(26-2)12(13)15(23)22-16(24)21-9-4-7(17)3-8(18)5-9/h3-6H,1-2H3,(H2,21,22,23,24). The highest BCUT2D eigenvalue weighted by molar-refractivity contribution is 6.38. The van der Waals surface area contributed by atoms with Gasteiger partial charge in [-0.3, -0.25) is 10.1 Å². The molecule has 0 saturated carbocycles. The number of imide groups is 1. The summed E-state index contributed by atoms with van der Waals surface area (Å²) in [5.41, 5.74) is 0.183. The first-order valence-electron chi connectivity index (χ1n) is 6.95. The second kappa shape index (κ2) is 8.68. The van der Waals surface area contributed by atoms with Gasteiger partial charge in [0.25, 0.3) is 5.91 Å². The summed E-state index contributed by atoms with van der Waals surface area (Å²) in [6.45, 7) is 0. The number of methoxy groups -OCH3 is 2. The lowest BCUT2D eigenvalue weighted by Gasteiger charge is -2.15. The fourth-order valence-electron chi connectivity index (χ4n) is 2.14. The highest BCUT2D eigenvalue weighted by Crippen LogP contribution is 2.40. The Balaban J connectivity index is 2.28. The van der Waals surface area contributed by atoms with E-state index >= 15 is 0 Å². The minimum absolute atomic E-state index is 0.0176. The molecule has 0 heterocycles. The van der Waals surface area contributed by atoms with E-state index in [1.165, 1.54) is 38.5 Å². The summed E-state index contributed by atoms with van der Waals surface area (Å²) in [6.07, 6.45) is 0. The van der Waals surface area contributed by atoms with Crippen LogP contribution in [-0.4, -0.2) is 26.2 Å². The number of carbonyl (C=O) groups excluding carboxylic acids is 2. The molecule has 3 amide bonds. The van der Waals surface area contributed by atoms with Gasteiger partial charge in [-0.15, -0.1) is 0 Å². The molecule has 0 bridgehead atoms. The summed E-state index contributed by atoms with van der Waals surface area (Å²) in [6, 6.07) is 4.98. The average molecular weight is 438 g/mol. The Kier molecular flexibility index (Phi) is 6.83. The van der Waals surface area contributed by atoms with Gasteiger partial charge in [0.15, 0.2) is 11.5 Å². The van der Waals surface area contributed by atoms with Crippen LogP contribution in [0.4, 0.5) is 10.5 Å². The molecule has 2 rings (SSSR count). The lowest BCUT2D eigenvalue weighted by atomic mass is 10.1. The molecule has 6 nitrogen and oxygen atoms in total. The smallest absolute Gasteiger partial charge is 0.326 e. The molecule has 2 aromatic rings. The maximum absolute atomic E-state index is 12.5. The van der Waals surface area contributed by atoms with Gasteiger partial charge in [0.05, 0.1) is 24.3 Å². The zero-order valence-corrected chi connectivity index (χ0v) is 16.5. The molecular weight excluding hydrogens is 426 g/mol. The van der Waals surface area contributed by atoms with E-state index in [2.05, 4.69) is 10.6 Å². The fraction of sp³-hybridized carbons (Fsp3) is 0.125. The van der Waals surface area contributed by atoms with Crippen molar-refractivity contribution in [2.45, 2.75) is 0 Å². The van der Waals surface area contributed by atoms with Crippen molar-refractivity contribution in [3.8, 4) is 11.5 Å². The van der Waals surface area contributed by atoms with E-state index in [9.17, 15) is 9.59 Å². The SMILES string of the molecule is COc1c(Cl)cc(Cl)c(OC)c1C(=O)NC(=O)Nc1cc(Cl)cc(Cl)c1. The number of hydrogen-bond acceptors (Lipinski definition) is 4. The Bertz CT molecular complexity index is 825. The van der Waals surface area contributed by atoms with Gasteiger partial charge in [0.2, 0.25) is 0 Å². The van der Waals surface area contributed by atoms with Crippen LogP contribution in [0.25, 0.3) is 0 Å². The van der Waals surface area contributed by atoms with E-state index in [4.69, 9.17) is 55.9 Å². The van der Waals surface area contributed by atoms with Gasteiger partial charge in [-0.2, -0.15) is 0 Å². The monoisotopic (exact) mass is 436 g/mol. The molecule has 10 heteroatoms. The largest absolute Gasteiger partial charge is 0.494 e. The predicted octanol–water partition coefficient (Wildman–Crippen LogP) is 5.28. The van der Waals surface area contributed by atoms with Crippen LogP contribution >= 0.6 is 46.4 Å². The minimum Gasteiger partial charge on any atom is -0.494 e. The third-order valence-electron chi connectivity index (χ3n) is 3.12. The number of urea groups is 1. The Hall–Kier alpha value is -1.86. The second-order valence-electron chi connectivity index (χ2n) is 4.85. The van der Waals surface area contributed by atoms with Gasteiger partial charge in [0, 0.05) is 15.7 Å². The second-order valence-corrected chi connectivity index (χ2v) is 6.54. The van der Waals surface area contributed by atoms with Crippen LogP contribution in [0.3, 0.4) is 0 Å². The molecule has 0 radical (unpaired) electrons. The van der Waals surface area contributed by atoms with Crippen molar-refractivity contribution in [2.75, 3.05) is 19.5 Å². The van der Waals surface area contributed by atoms with Crippen molar-refractivity contribution in [1.82, 2.24) is 5.32 Å². The van der Waals surface area contributed by atoms with E-state index in [1.54, 1.807) is 0 Å². The molecule has 0 atom stereocenters. The number of ether oxygens (including phenoxy) is 2. The van der Waals surface area contributed by atoms with Crippen molar-refractivity contribution in [3.05, 3.63) is 49.9 Å². The molecule has 0 aliphatic heterocycles. The normalized spacial score (nSPS) is 10.2. The maximum atomic E-state index is 12.5. The van der Waals surface area contributed by atoms with Crippen molar-refractivity contribution in [1.29, 1.82) is 0 Å². The molecule has 2 aromatic carbocycles. The third-order valence-corrected chi connectivity index (χ3v) is 4.12. The van der Waals surface area contributed by atoms with Crippen LogP contribution in [0.15, 0.2) is 24.3 Å². The van der Waals surface area contributed by atoms with E-state index in [1.807, 2.05) is 0 Å². The van der Waals surface area contributed by atoms with Gasteiger partial charge in [0.1, 0.15) is 5.56 Å². The quantitative estimate of drug-likeness (QED) is 0.682. The molecule has 0 aliphatic carbocycles. The molecule has 0 spiro atoms. The highest BCUT2D eigenvalue weighted by atomic mass is 35.5. The van der Waals surface area contributed by atoms with Crippen molar-refractivity contribution in [2.24, 2.45) is 0 Å². The fourth-order valence-corrected chi connectivity index (χ4v) is 3.29. The Morgan fingerprint density at radius 2 is 1.35 bits per heavy atom. The summed E-state index contributed by atoms with van der Waals surface area (Å²) in [4.78, 5) is 24.7. The first kappa shape index (κ1) is 20.5. The Labute approximate surface area is 169 Å². The van der Waals surface area contributed by atoms with Gasteiger partial charge < -0.3 is 14.8 Å². The van der Waals surface area contributed by atoms with Gasteiger partial charge in [-0.05, 0) is 24.3 Å². The first-order chi connectivity index (χ1) is 12.3. The zero-order valence-electron chi connectivity index (χ0n) is 13.5. The van der Waals surface area contributed by atoms with Crippen LogP contribution in [0.2, 0.25) is 20.1 Å². The number of anilines is 1. The molecule has 0 aromatic heterocycles. The zero-order chi connectivity index (χ0) is 19.4. The topological polar surface area (TPSA) is 76.7 Å². The number of halogens is 4. The average Bonchev–Trinajstić information content (AvgIpc) is 2.52. The lowest BCUT2D eigenvalue weighted by Crippen LogP contribution is -2.34. The van der Waals surface area contributed by atoms with Crippen LogP contribution in [0.5, 0.6) is 11.5 Å². The molecule has 0 unspecified atom stereocenters. The predicted molar refractivity (Wildman–Crippen MR) is 103 cm³/mol. The van der Waals surface area contributed by atoms with E-state index in [0.29, 0.717) is 15.7 Å². The van der Waals surface area contributed by atoms with Crippen molar-refractivity contribution >= 4 is 64.0 Å². The lowest BCUT2D eigenvalue weighted by molar-refractivity contribution is 0.0961. The molecule has 2 N–H and O–H groups in total. The number of amides is 3. The number of hydrogen-bond donors (Lipinski definition) is 2. The maximum Gasteiger partial charge on any atom is 0.326 e. The van der Waals surface area contributed by atoms with Crippen LogP contribution in [-0.2, 0) is 0 Å². The summed E-state index contributed by atoms with van der Waals surface area (Å²) < 4.78 is 10.3. The number of carbonyl (C=O) groups is 2. The molecule has 0 aliphatic rings. The minimum atomic E-state index is -0.825. The van der Waals surface area contributed by atoms with E-state index < -0.39 is 11.9 Å². The summed E-state index contributed by atoms with van der Waals surface area (Å²) >= 11 is 23.8. The van der Waals surface area contributed by atoms with Gasteiger partial charge >= 0.3 is 6.03 Å². The number of benzene rings is 2. The number of nitrogens with one attached hydrogen (secondary N) is 2. The summed E-state index contributed by atoms with van der Waals surface area (Å²) in [5, 5.41) is 5.40. The molecule has 26 heavy (non-hydrogen) atoms. The Morgan fingerprint density at radius 1 is 0.846 bits per heavy atom. The van der Waals surface area contributed by atoms with Gasteiger partial charge in [-0.1, -0.05) is 46.4 Å². The van der Waals surface area contributed by atoms with Crippen LogP contribution in [0, 0.1) is 0 Å². The Morgan fingerprint density at radius 3 is 1.81 bits per heavy atom. The first-order valence-corrected chi connectivity index (χ1v) is 8.46.